The lowest BCUT2D eigenvalue weighted by Gasteiger charge is -2.16. The van der Waals surface area contributed by atoms with Gasteiger partial charge in [-0.25, -0.2) is 15.0 Å². The lowest BCUT2D eigenvalue weighted by Crippen LogP contribution is -1.96. The number of fused-ring (bicyclic) bond motifs is 6. The Hall–Kier alpha value is -9.31. The molecule has 0 saturated carbocycles. The molecule has 2 heterocycles. The molecule has 11 aromatic carbocycles. The standard InChI is InChI=1S/C67H43N3/c1-3-15-44(16-4-1)52-21-13-23-54(39-52)63-43-64(55-24-14-22-53(40-55)45-17-5-2-6-18-45)70-67(69-63)50-36-31-48(32-37-50)47-29-34-49(35-30-47)60-42-61-65(58-26-10-9-25-57(58)60)59-27-11-12-28-62(59)68-66(61)56-38-33-46-19-7-8-20-51(46)41-56/h1-43H. The summed E-state index contributed by atoms with van der Waals surface area (Å²) in [6.07, 6.45) is 0. The van der Waals surface area contributed by atoms with E-state index in [2.05, 4.69) is 261 Å². The highest BCUT2D eigenvalue weighted by molar-refractivity contribution is 6.25. The van der Waals surface area contributed by atoms with Crippen molar-refractivity contribution in [2.24, 2.45) is 0 Å². The van der Waals surface area contributed by atoms with Gasteiger partial charge in [0.2, 0.25) is 0 Å². The van der Waals surface area contributed by atoms with Crippen LogP contribution in [0.2, 0.25) is 0 Å². The van der Waals surface area contributed by atoms with Gasteiger partial charge in [0, 0.05) is 38.4 Å². The Morgan fingerprint density at radius 1 is 0.229 bits per heavy atom. The average Bonchev–Trinajstić information content (AvgIpc) is 3.45. The van der Waals surface area contributed by atoms with E-state index in [4.69, 9.17) is 15.0 Å². The van der Waals surface area contributed by atoms with E-state index in [0.29, 0.717) is 5.82 Å². The van der Waals surface area contributed by atoms with Crippen LogP contribution in [0.1, 0.15) is 0 Å². The minimum Gasteiger partial charge on any atom is -0.247 e. The SMILES string of the molecule is c1ccc(-c2cccc(-c3cc(-c4cccc(-c5ccccc5)c4)nc(-c4ccc(-c5ccc(-c6cc7c(-c8ccc9ccccc9c8)nc8ccccc8c7c7ccccc67)cc5)cc4)n3)c2)cc1. The van der Waals surface area contributed by atoms with Gasteiger partial charge in [-0.15, -0.1) is 0 Å². The van der Waals surface area contributed by atoms with Gasteiger partial charge >= 0.3 is 0 Å². The number of hydrogen-bond donors (Lipinski definition) is 0. The quantitative estimate of drug-likeness (QED) is 0.143. The van der Waals surface area contributed by atoms with Crippen LogP contribution < -0.4 is 0 Å². The second kappa shape index (κ2) is 17.4. The van der Waals surface area contributed by atoms with Crippen LogP contribution in [-0.2, 0) is 0 Å². The number of nitrogens with zero attached hydrogens (tertiary/aromatic N) is 3. The van der Waals surface area contributed by atoms with Crippen molar-refractivity contribution in [3.63, 3.8) is 0 Å². The topological polar surface area (TPSA) is 38.7 Å². The summed E-state index contributed by atoms with van der Waals surface area (Å²) in [5.74, 6) is 0.679. The molecule has 0 atom stereocenters. The number of hydrogen-bond acceptors (Lipinski definition) is 3. The van der Waals surface area contributed by atoms with E-state index < -0.39 is 0 Å². The van der Waals surface area contributed by atoms with Crippen LogP contribution in [0, 0.1) is 0 Å². The molecular formula is C67H43N3. The number of pyridine rings is 1. The molecular weight excluding hydrogens is 847 g/mol. The first-order valence-electron chi connectivity index (χ1n) is 23.8. The molecule has 70 heavy (non-hydrogen) atoms. The second-order valence-corrected chi connectivity index (χ2v) is 17.9. The van der Waals surface area contributed by atoms with Crippen molar-refractivity contribution in [1.29, 1.82) is 0 Å². The van der Waals surface area contributed by atoms with Gasteiger partial charge < -0.3 is 0 Å². The third-order valence-corrected chi connectivity index (χ3v) is 13.7. The minimum absolute atomic E-state index is 0.679. The van der Waals surface area contributed by atoms with Crippen molar-refractivity contribution >= 4 is 43.2 Å². The van der Waals surface area contributed by atoms with Gasteiger partial charge in [0.05, 0.1) is 22.6 Å². The van der Waals surface area contributed by atoms with Gasteiger partial charge in [0.15, 0.2) is 5.82 Å². The molecule has 0 saturated heterocycles. The first kappa shape index (κ1) is 40.9. The molecule has 0 spiro atoms. The molecule has 13 rings (SSSR count). The van der Waals surface area contributed by atoms with Crippen molar-refractivity contribution in [1.82, 2.24) is 15.0 Å². The van der Waals surface area contributed by atoms with Gasteiger partial charge in [-0.3, -0.25) is 0 Å². The van der Waals surface area contributed by atoms with E-state index in [9.17, 15) is 0 Å². The van der Waals surface area contributed by atoms with Gasteiger partial charge in [0.1, 0.15) is 0 Å². The Kier molecular flexibility index (Phi) is 10.2. The molecule has 0 amide bonds. The van der Waals surface area contributed by atoms with Gasteiger partial charge in [-0.2, -0.15) is 0 Å². The van der Waals surface area contributed by atoms with Crippen LogP contribution in [-0.4, -0.2) is 15.0 Å². The Morgan fingerprint density at radius 2 is 0.700 bits per heavy atom. The highest BCUT2D eigenvalue weighted by Crippen LogP contribution is 2.43. The number of para-hydroxylation sites is 1. The summed E-state index contributed by atoms with van der Waals surface area (Å²) in [6.45, 7) is 0. The van der Waals surface area contributed by atoms with Crippen LogP contribution in [0.5, 0.6) is 0 Å². The number of benzene rings is 11. The molecule has 326 valence electrons. The normalized spacial score (nSPS) is 11.4. The summed E-state index contributed by atoms with van der Waals surface area (Å²) in [5, 5.41) is 8.39. The molecule has 3 heteroatoms. The zero-order chi connectivity index (χ0) is 46.4. The lowest BCUT2D eigenvalue weighted by atomic mass is 9.89. The third kappa shape index (κ3) is 7.56. The Balaban J connectivity index is 0.879. The first-order valence-corrected chi connectivity index (χ1v) is 23.8. The van der Waals surface area contributed by atoms with Gasteiger partial charge in [-0.05, 0) is 102 Å². The summed E-state index contributed by atoms with van der Waals surface area (Å²) in [6, 6.07) is 93.0. The Labute approximate surface area is 406 Å². The molecule has 0 fully saturated rings. The van der Waals surface area contributed by atoms with Gasteiger partial charge in [0.25, 0.3) is 0 Å². The zero-order valence-electron chi connectivity index (χ0n) is 38.2. The summed E-state index contributed by atoms with van der Waals surface area (Å²) < 4.78 is 0. The van der Waals surface area contributed by atoms with Crippen LogP contribution >= 0.6 is 0 Å². The maximum absolute atomic E-state index is 5.37. The fourth-order valence-corrected chi connectivity index (χ4v) is 10.1. The summed E-state index contributed by atoms with van der Waals surface area (Å²) in [7, 11) is 0. The van der Waals surface area contributed by atoms with Crippen molar-refractivity contribution in [3.8, 4) is 89.7 Å². The molecule has 2 aromatic heterocycles. The monoisotopic (exact) mass is 889 g/mol. The fourth-order valence-electron chi connectivity index (χ4n) is 10.1. The molecule has 0 bridgehead atoms. The minimum atomic E-state index is 0.679. The number of aromatic nitrogens is 3. The average molecular weight is 890 g/mol. The van der Waals surface area contributed by atoms with Crippen molar-refractivity contribution in [2.75, 3.05) is 0 Å². The van der Waals surface area contributed by atoms with E-state index in [1.165, 1.54) is 43.6 Å². The van der Waals surface area contributed by atoms with Crippen LogP contribution in [0.15, 0.2) is 261 Å². The predicted molar refractivity (Wildman–Crippen MR) is 293 cm³/mol. The van der Waals surface area contributed by atoms with E-state index in [-0.39, 0.29) is 0 Å². The third-order valence-electron chi connectivity index (χ3n) is 13.7. The molecule has 13 aromatic rings. The summed E-state index contributed by atoms with van der Waals surface area (Å²) >= 11 is 0. The van der Waals surface area contributed by atoms with Gasteiger partial charge in [-0.1, -0.05) is 224 Å². The second-order valence-electron chi connectivity index (χ2n) is 17.9. The molecule has 0 unspecified atom stereocenters. The van der Waals surface area contributed by atoms with Crippen molar-refractivity contribution < 1.29 is 0 Å². The lowest BCUT2D eigenvalue weighted by molar-refractivity contribution is 1.18. The molecule has 0 aliphatic heterocycles. The van der Waals surface area contributed by atoms with Crippen LogP contribution in [0.25, 0.3) is 133 Å². The van der Waals surface area contributed by atoms with E-state index in [0.717, 1.165) is 83.4 Å². The largest absolute Gasteiger partial charge is 0.247 e. The van der Waals surface area contributed by atoms with E-state index in [1.807, 2.05) is 0 Å². The summed E-state index contributed by atoms with van der Waals surface area (Å²) in [4.78, 5) is 15.9. The van der Waals surface area contributed by atoms with E-state index >= 15 is 0 Å². The predicted octanol–water partition coefficient (Wildman–Crippen LogP) is 17.8. The molecule has 3 nitrogen and oxygen atoms in total. The summed E-state index contributed by atoms with van der Waals surface area (Å²) in [5.41, 5.74) is 17.1. The first-order chi connectivity index (χ1) is 34.7. The molecule has 0 radical (unpaired) electrons. The van der Waals surface area contributed by atoms with Crippen molar-refractivity contribution in [2.45, 2.75) is 0 Å². The highest BCUT2D eigenvalue weighted by Gasteiger charge is 2.18. The fraction of sp³-hybridized carbons (Fsp3) is 0. The molecule has 0 N–H and O–H groups in total. The highest BCUT2D eigenvalue weighted by atomic mass is 14.9. The maximum atomic E-state index is 5.37. The van der Waals surface area contributed by atoms with Crippen LogP contribution in [0.4, 0.5) is 0 Å². The number of rotatable bonds is 8. The van der Waals surface area contributed by atoms with Crippen molar-refractivity contribution in [3.05, 3.63) is 261 Å². The maximum Gasteiger partial charge on any atom is 0.160 e. The Bertz CT molecular complexity index is 3990. The van der Waals surface area contributed by atoms with E-state index in [1.54, 1.807) is 0 Å². The molecule has 0 aliphatic rings. The molecule has 0 aliphatic carbocycles. The smallest absolute Gasteiger partial charge is 0.160 e. The Morgan fingerprint density at radius 3 is 1.34 bits per heavy atom. The van der Waals surface area contributed by atoms with Crippen LogP contribution in [0.3, 0.4) is 0 Å². The zero-order valence-corrected chi connectivity index (χ0v) is 38.2.